The SMILES string of the molecule is [2H]c1c([2H])c([2H])c2c([2H])c(N(c3ccc(-c4cccc5ccccc45)cc3)c3cccc(-c4ccc5oc6ccccc6c5c4)c3)c([2H])c([2H])c2c1[2H]. The highest BCUT2D eigenvalue weighted by molar-refractivity contribution is 6.06. The van der Waals surface area contributed by atoms with Crippen LogP contribution in [0.15, 0.2) is 180 Å². The quantitative estimate of drug-likeness (QED) is 0.197. The van der Waals surface area contributed by atoms with Crippen LogP contribution in [0.2, 0.25) is 0 Å². The van der Waals surface area contributed by atoms with Crippen molar-refractivity contribution in [3.05, 3.63) is 176 Å². The van der Waals surface area contributed by atoms with E-state index in [1.807, 2.05) is 103 Å². The zero-order valence-electron chi connectivity index (χ0n) is 31.6. The van der Waals surface area contributed by atoms with Crippen LogP contribution in [-0.2, 0) is 0 Å². The Morgan fingerprint density at radius 2 is 1.15 bits per heavy atom. The van der Waals surface area contributed by atoms with Gasteiger partial charge in [-0.15, -0.1) is 0 Å². The summed E-state index contributed by atoms with van der Waals surface area (Å²) in [5.41, 5.74) is 6.69. The minimum absolute atomic E-state index is 0.0406. The van der Waals surface area contributed by atoms with E-state index in [1.165, 1.54) is 0 Å². The largest absolute Gasteiger partial charge is 0.456 e. The topological polar surface area (TPSA) is 16.4 Å². The van der Waals surface area contributed by atoms with Crippen LogP contribution in [-0.4, -0.2) is 0 Å². The minimum atomic E-state index is -0.501. The first-order valence-electron chi connectivity index (χ1n) is 18.6. The summed E-state index contributed by atoms with van der Waals surface area (Å²) in [6.45, 7) is 0. The van der Waals surface area contributed by atoms with E-state index < -0.39 is 24.2 Å². The van der Waals surface area contributed by atoms with Gasteiger partial charge in [0.1, 0.15) is 11.2 Å². The molecule has 0 atom stereocenters. The number of fused-ring (bicyclic) bond motifs is 5. The zero-order valence-corrected chi connectivity index (χ0v) is 24.6. The molecule has 0 bridgehead atoms. The number of rotatable bonds is 5. The molecule has 1 heterocycles. The zero-order chi connectivity index (χ0) is 36.5. The summed E-state index contributed by atoms with van der Waals surface area (Å²) in [7, 11) is 0. The number of hydrogen-bond donors (Lipinski definition) is 0. The summed E-state index contributed by atoms with van der Waals surface area (Å²) in [6.07, 6.45) is 0. The van der Waals surface area contributed by atoms with Crippen molar-refractivity contribution in [1.29, 1.82) is 0 Å². The Morgan fingerprint density at radius 3 is 2.07 bits per heavy atom. The maximum absolute atomic E-state index is 9.44. The smallest absolute Gasteiger partial charge is 0.135 e. The first-order valence-corrected chi connectivity index (χ1v) is 15.1. The summed E-state index contributed by atoms with van der Waals surface area (Å²) in [5.74, 6) is 0. The maximum atomic E-state index is 9.44. The lowest BCUT2D eigenvalue weighted by Gasteiger charge is -2.26. The van der Waals surface area contributed by atoms with E-state index in [-0.39, 0.29) is 34.6 Å². The summed E-state index contributed by atoms with van der Waals surface area (Å²) in [6, 6.07) is 41.1. The third kappa shape index (κ3) is 4.51. The van der Waals surface area contributed by atoms with Gasteiger partial charge >= 0.3 is 0 Å². The Balaban J connectivity index is 1.26. The van der Waals surface area contributed by atoms with Crippen LogP contribution in [0.5, 0.6) is 0 Å². The van der Waals surface area contributed by atoms with Crippen LogP contribution < -0.4 is 4.90 Å². The molecule has 0 fully saturated rings. The lowest BCUT2D eigenvalue weighted by molar-refractivity contribution is 0.669. The number of para-hydroxylation sites is 1. The molecule has 0 aliphatic carbocycles. The summed E-state index contributed by atoms with van der Waals surface area (Å²) in [4.78, 5) is 1.74. The lowest BCUT2D eigenvalue weighted by Crippen LogP contribution is -2.10. The number of benzene rings is 8. The van der Waals surface area contributed by atoms with Gasteiger partial charge < -0.3 is 9.32 Å². The van der Waals surface area contributed by atoms with Crippen LogP contribution in [0.1, 0.15) is 9.60 Å². The first kappa shape index (κ1) is 20.0. The molecule has 0 amide bonds. The van der Waals surface area contributed by atoms with E-state index in [1.54, 1.807) is 4.90 Å². The molecular weight excluding hydrogens is 558 g/mol. The van der Waals surface area contributed by atoms with Gasteiger partial charge in [-0.1, -0.05) is 121 Å². The monoisotopic (exact) mass is 594 g/mol. The second-order valence-electron chi connectivity index (χ2n) is 11.2. The highest BCUT2D eigenvalue weighted by Crippen LogP contribution is 2.40. The van der Waals surface area contributed by atoms with E-state index in [9.17, 15) is 2.74 Å². The molecular formula is C44H29NO. The molecule has 46 heavy (non-hydrogen) atoms. The van der Waals surface area contributed by atoms with Gasteiger partial charge in [0.25, 0.3) is 0 Å². The van der Waals surface area contributed by atoms with Crippen molar-refractivity contribution in [2.24, 2.45) is 0 Å². The molecule has 1 aromatic heterocycles. The Hall–Kier alpha value is -6.12. The van der Waals surface area contributed by atoms with Gasteiger partial charge in [-0.2, -0.15) is 0 Å². The van der Waals surface area contributed by atoms with Crippen molar-refractivity contribution in [2.75, 3.05) is 4.90 Å². The number of hydrogen-bond acceptors (Lipinski definition) is 2. The fourth-order valence-electron chi connectivity index (χ4n) is 6.29. The molecule has 2 heteroatoms. The van der Waals surface area contributed by atoms with E-state index in [0.29, 0.717) is 11.4 Å². The molecule has 0 saturated carbocycles. The summed E-state index contributed by atoms with van der Waals surface area (Å²) in [5, 5.41) is 3.98. The predicted molar refractivity (Wildman–Crippen MR) is 194 cm³/mol. The first-order chi connectivity index (χ1) is 25.7. The van der Waals surface area contributed by atoms with Crippen molar-refractivity contribution in [1.82, 2.24) is 0 Å². The molecule has 2 nitrogen and oxygen atoms in total. The molecule has 0 saturated heterocycles. The van der Waals surface area contributed by atoms with Gasteiger partial charge in [-0.25, -0.2) is 0 Å². The summed E-state index contributed by atoms with van der Waals surface area (Å²) < 4.78 is 67.7. The fourth-order valence-corrected chi connectivity index (χ4v) is 6.29. The maximum Gasteiger partial charge on any atom is 0.135 e. The number of anilines is 3. The van der Waals surface area contributed by atoms with E-state index in [4.69, 9.17) is 11.3 Å². The van der Waals surface area contributed by atoms with Crippen molar-refractivity contribution < 1.29 is 14.0 Å². The molecule has 0 unspecified atom stereocenters. The molecule has 8 aromatic carbocycles. The second-order valence-corrected chi connectivity index (χ2v) is 11.2. The normalized spacial score (nSPS) is 13.6. The van der Waals surface area contributed by atoms with Crippen LogP contribution in [0.25, 0.3) is 65.7 Å². The van der Waals surface area contributed by atoms with Gasteiger partial charge in [0.2, 0.25) is 0 Å². The standard InChI is InChI=1S/C44H29NO/c1-2-11-33-27-38(25-19-30(33)9-1)45(36-23-20-32(21-24-36)40-17-8-12-31-10-3-4-15-39(31)40)37-14-7-13-34(28-37)35-22-26-44-42(29-35)41-16-5-6-18-43(41)46-44/h1-29H/i1D,2D,9D,11D,19D,25D,27D. The predicted octanol–water partition coefficient (Wildman–Crippen LogP) is 12.7. The van der Waals surface area contributed by atoms with Crippen LogP contribution >= 0.6 is 0 Å². The van der Waals surface area contributed by atoms with Crippen LogP contribution in [0.4, 0.5) is 17.1 Å². The van der Waals surface area contributed by atoms with Crippen LogP contribution in [0, 0.1) is 0 Å². The van der Waals surface area contributed by atoms with E-state index in [2.05, 4.69) is 30.3 Å². The van der Waals surface area contributed by atoms with Gasteiger partial charge in [0.15, 0.2) is 0 Å². The molecule has 0 aliphatic heterocycles. The molecule has 0 aliphatic rings. The molecule has 0 N–H and O–H groups in total. The van der Waals surface area contributed by atoms with Crippen molar-refractivity contribution in [3.8, 4) is 22.3 Å². The van der Waals surface area contributed by atoms with Gasteiger partial charge in [-0.3, -0.25) is 0 Å². The highest BCUT2D eigenvalue weighted by Gasteiger charge is 2.16. The Labute approximate surface area is 277 Å². The van der Waals surface area contributed by atoms with Gasteiger partial charge in [0.05, 0.1) is 9.60 Å². The van der Waals surface area contributed by atoms with Crippen molar-refractivity contribution >= 4 is 60.5 Å². The average Bonchev–Trinajstić information content (AvgIpc) is 3.57. The molecule has 0 spiro atoms. The minimum Gasteiger partial charge on any atom is -0.456 e. The third-order valence-corrected chi connectivity index (χ3v) is 8.50. The lowest BCUT2D eigenvalue weighted by atomic mass is 9.98. The summed E-state index contributed by atoms with van der Waals surface area (Å²) >= 11 is 0. The van der Waals surface area contributed by atoms with Crippen molar-refractivity contribution in [3.63, 3.8) is 0 Å². The third-order valence-electron chi connectivity index (χ3n) is 8.50. The average molecular weight is 595 g/mol. The second kappa shape index (κ2) is 10.8. The molecule has 9 rings (SSSR count). The number of furan rings is 1. The van der Waals surface area contributed by atoms with Gasteiger partial charge in [-0.05, 0) is 98.3 Å². The highest BCUT2D eigenvalue weighted by atomic mass is 16.3. The molecule has 0 radical (unpaired) electrons. The fraction of sp³-hybridized carbons (Fsp3) is 0. The van der Waals surface area contributed by atoms with Crippen LogP contribution in [0.3, 0.4) is 0 Å². The van der Waals surface area contributed by atoms with E-state index >= 15 is 0 Å². The molecule has 9 aromatic rings. The Morgan fingerprint density at radius 1 is 0.435 bits per heavy atom. The van der Waals surface area contributed by atoms with E-state index in [0.717, 1.165) is 55.0 Å². The van der Waals surface area contributed by atoms with Crippen molar-refractivity contribution in [2.45, 2.75) is 0 Å². The van der Waals surface area contributed by atoms with Gasteiger partial charge in [0, 0.05) is 27.8 Å². The molecule has 216 valence electrons. The Kier molecular flexibility index (Phi) is 4.70. The number of nitrogens with zero attached hydrogens (tertiary/aromatic N) is 1. The Bertz CT molecular complexity index is 2930.